The number of nitrogens with zero attached hydrogens (tertiary/aromatic N) is 1. The highest BCUT2D eigenvalue weighted by molar-refractivity contribution is 5.57. The fraction of sp³-hybridized carbons (Fsp3) is 0.308. The highest BCUT2D eigenvalue weighted by Gasteiger charge is 2.37. The molecule has 0 amide bonds. The summed E-state index contributed by atoms with van der Waals surface area (Å²) in [6.07, 6.45) is 3.55. The second-order valence-corrected chi connectivity index (χ2v) is 4.23. The van der Waals surface area contributed by atoms with Gasteiger partial charge in [0.15, 0.2) is 0 Å². The predicted molar refractivity (Wildman–Crippen MR) is 55.0 cm³/mol. The minimum atomic E-state index is 0.533. The van der Waals surface area contributed by atoms with Crippen molar-refractivity contribution < 1.29 is 0 Å². The van der Waals surface area contributed by atoms with Gasteiger partial charge < -0.3 is 0 Å². The lowest BCUT2D eigenvalue weighted by Gasteiger charge is -2.15. The van der Waals surface area contributed by atoms with Crippen molar-refractivity contribution in [3.8, 4) is 6.07 Å². The van der Waals surface area contributed by atoms with Crippen molar-refractivity contribution in [1.29, 1.82) is 5.26 Å². The first-order valence-electron chi connectivity index (χ1n) is 5.02. The van der Waals surface area contributed by atoms with Crippen molar-refractivity contribution in [1.82, 2.24) is 0 Å². The molecule has 2 unspecified atom stereocenters. The molecule has 0 aliphatic heterocycles. The van der Waals surface area contributed by atoms with Crippen LogP contribution in [-0.2, 0) is 0 Å². The van der Waals surface area contributed by atoms with Crippen LogP contribution in [0.4, 0.5) is 0 Å². The summed E-state index contributed by atoms with van der Waals surface area (Å²) in [5.41, 5.74) is 5.02. The van der Waals surface area contributed by atoms with Crippen LogP contribution in [0.2, 0.25) is 0 Å². The molecular weight excluding hydrogens is 170 g/mol. The maximum atomic E-state index is 9.05. The molecule has 14 heavy (non-hydrogen) atoms. The first kappa shape index (κ1) is 7.82. The standard InChI is InChI=1S/C13H11N/c1-8-5-10-6-12(8)13-9(7-14)3-2-4-11(10)13/h2-5,10,12H,6H2,1H3. The molecule has 0 spiro atoms. The quantitative estimate of drug-likeness (QED) is 0.564. The van der Waals surface area contributed by atoms with Gasteiger partial charge in [-0.25, -0.2) is 0 Å². The third kappa shape index (κ3) is 0.786. The van der Waals surface area contributed by atoms with Crippen LogP contribution in [-0.4, -0.2) is 0 Å². The van der Waals surface area contributed by atoms with Gasteiger partial charge >= 0.3 is 0 Å². The summed E-state index contributed by atoms with van der Waals surface area (Å²) in [7, 11) is 0. The van der Waals surface area contributed by atoms with E-state index in [4.69, 9.17) is 5.26 Å². The molecule has 0 heterocycles. The number of fused-ring (bicyclic) bond motifs is 5. The number of hydrogen-bond acceptors (Lipinski definition) is 1. The summed E-state index contributed by atoms with van der Waals surface area (Å²) < 4.78 is 0. The Bertz CT molecular complexity index is 476. The number of benzene rings is 1. The van der Waals surface area contributed by atoms with Gasteiger partial charge in [0.1, 0.15) is 0 Å². The highest BCUT2D eigenvalue weighted by Crippen LogP contribution is 2.52. The third-order valence-corrected chi connectivity index (χ3v) is 3.51. The van der Waals surface area contributed by atoms with Gasteiger partial charge in [0.05, 0.1) is 11.6 Å². The summed E-state index contributed by atoms with van der Waals surface area (Å²) in [6, 6.07) is 8.41. The van der Waals surface area contributed by atoms with Crippen molar-refractivity contribution in [2.24, 2.45) is 0 Å². The minimum absolute atomic E-state index is 0.533. The lowest BCUT2D eigenvalue weighted by atomic mass is 9.89. The Morgan fingerprint density at radius 2 is 2.29 bits per heavy atom. The molecule has 2 atom stereocenters. The molecule has 0 radical (unpaired) electrons. The molecule has 1 aromatic carbocycles. The van der Waals surface area contributed by atoms with E-state index in [0.717, 1.165) is 5.56 Å². The van der Waals surface area contributed by atoms with E-state index in [2.05, 4.69) is 25.1 Å². The van der Waals surface area contributed by atoms with Gasteiger partial charge in [-0.2, -0.15) is 5.26 Å². The molecule has 1 heteroatoms. The van der Waals surface area contributed by atoms with Gasteiger partial charge in [0.25, 0.3) is 0 Å². The van der Waals surface area contributed by atoms with Gasteiger partial charge in [0, 0.05) is 11.8 Å². The van der Waals surface area contributed by atoms with Crippen molar-refractivity contribution in [3.63, 3.8) is 0 Å². The minimum Gasteiger partial charge on any atom is -0.192 e. The van der Waals surface area contributed by atoms with Crippen LogP contribution >= 0.6 is 0 Å². The van der Waals surface area contributed by atoms with Gasteiger partial charge in [-0.15, -0.1) is 0 Å². The maximum Gasteiger partial charge on any atom is 0.0994 e. The molecule has 3 rings (SSSR count). The zero-order valence-corrected chi connectivity index (χ0v) is 8.12. The van der Waals surface area contributed by atoms with E-state index in [1.807, 2.05) is 12.1 Å². The lowest BCUT2D eigenvalue weighted by Crippen LogP contribution is -1.99. The molecule has 0 aromatic heterocycles. The van der Waals surface area contributed by atoms with E-state index in [9.17, 15) is 0 Å². The van der Waals surface area contributed by atoms with Crippen LogP contribution in [0.1, 0.15) is 41.9 Å². The lowest BCUT2D eigenvalue weighted by molar-refractivity contribution is 0.784. The zero-order valence-electron chi connectivity index (χ0n) is 8.12. The molecule has 0 saturated heterocycles. The van der Waals surface area contributed by atoms with E-state index >= 15 is 0 Å². The first-order valence-corrected chi connectivity index (χ1v) is 5.02. The van der Waals surface area contributed by atoms with Crippen molar-refractivity contribution in [3.05, 3.63) is 46.5 Å². The van der Waals surface area contributed by atoms with Gasteiger partial charge in [-0.05, 0) is 30.5 Å². The maximum absolute atomic E-state index is 9.05. The third-order valence-electron chi connectivity index (χ3n) is 3.51. The zero-order chi connectivity index (χ0) is 9.71. The van der Waals surface area contributed by atoms with Crippen LogP contribution in [0.5, 0.6) is 0 Å². The molecule has 0 saturated carbocycles. The van der Waals surface area contributed by atoms with Crippen molar-refractivity contribution >= 4 is 0 Å². The average molecular weight is 181 g/mol. The highest BCUT2D eigenvalue weighted by atomic mass is 14.4. The fourth-order valence-electron chi connectivity index (χ4n) is 2.90. The van der Waals surface area contributed by atoms with Crippen molar-refractivity contribution in [2.75, 3.05) is 0 Å². The van der Waals surface area contributed by atoms with Crippen LogP contribution in [0, 0.1) is 11.3 Å². The smallest absolute Gasteiger partial charge is 0.0994 e. The number of nitriles is 1. The SMILES string of the molecule is CC1=CC2CC1c1c(C#N)cccc12. The molecule has 1 aromatic rings. The average Bonchev–Trinajstić information content (AvgIpc) is 2.74. The van der Waals surface area contributed by atoms with Crippen LogP contribution in [0.15, 0.2) is 29.8 Å². The second-order valence-electron chi connectivity index (χ2n) is 4.23. The molecule has 2 bridgehead atoms. The monoisotopic (exact) mass is 181 g/mol. The normalized spacial score (nSPS) is 27.0. The van der Waals surface area contributed by atoms with Crippen LogP contribution < -0.4 is 0 Å². The van der Waals surface area contributed by atoms with Gasteiger partial charge in [-0.1, -0.05) is 23.8 Å². The van der Waals surface area contributed by atoms with Crippen LogP contribution in [0.25, 0.3) is 0 Å². The summed E-state index contributed by atoms with van der Waals surface area (Å²) in [5, 5.41) is 9.05. The van der Waals surface area contributed by atoms with E-state index in [1.165, 1.54) is 23.1 Å². The Hall–Kier alpha value is -1.55. The Morgan fingerprint density at radius 3 is 3.07 bits per heavy atom. The summed E-state index contributed by atoms with van der Waals surface area (Å²) in [5.74, 6) is 1.12. The Labute approximate surface area is 83.7 Å². The molecule has 0 N–H and O–H groups in total. The van der Waals surface area contributed by atoms with Crippen LogP contribution in [0.3, 0.4) is 0 Å². The number of hydrogen-bond donors (Lipinski definition) is 0. The van der Waals surface area contributed by atoms with Gasteiger partial charge in [-0.3, -0.25) is 0 Å². The second kappa shape index (κ2) is 2.48. The molecule has 1 nitrogen and oxygen atoms in total. The van der Waals surface area contributed by atoms with E-state index in [-0.39, 0.29) is 0 Å². The predicted octanol–water partition coefficient (Wildman–Crippen LogP) is 3.09. The summed E-state index contributed by atoms with van der Waals surface area (Å²) in [6.45, 7) is 2.18. The van der Waals surface area contributed by atoms with E-state index in [1.54, 1.807) is 0 Å². The fourth-order valence-corrected chi connectivity index (χ4v) is 2.90. The summed E-state index contributed by atoms with van der Waals surface area (Å²) >= 11 is 0. The van der Waals surface area contributed by atoms with E-state index in [0.29, 0.717) is 11.8 Å². The summed E-state index contributed by atoms with van der Waals surface area (Å²) in [4.78, 5) is 0. The molecule has 0 fully saturated rings. The number of rotatable bonds is 0. The van der Waals surface area contributed by atoms with E-state index < -0.39 is 0 Å². The van der Waals surface area contributed by atoms with Crippen molar-refractivity contribution in [2.45, 2.75) is 25.2 Å². The first-order chi connectivity index (χ1) is 6.81. The molecular formula is C13H11N. The van der Waals surface area contributed by atoms with Gasteiger partial charge in [0.2, 0.25) is 0 Å². The molecule has 2 aliphatic rings. The largest absolute Gasteiger partial charge is 0.192 e. The Balaban J connectivity index is 2.27. The Morgan fingerprint density at radius 1 is 1.43 bits per heavy atom. The molecule has 2 aliphatic carbocycles. The molecule has 68 valence electrons. The number of allylic oxidation sites excluding steroid dienone is 2. The Kier molecular flexibility index (Phi) is 1.39. The topological polar surface area (TPSA) is 23.8 Å².